The normalized spacial score (nSPS) is 15.3. The SMILES string of the molecule is CCN1CCN(C(=O)NC(C)c2ccc(OC(=O)NCCCCCCCCCCCNC(=O)Oc3ccc(C(C)NC(=O)N4CCN(CC)C(=O)C4=O)cc3)cc2)C(=O)C1=O. The van der Waals surface area contributed by atoms with E-state index in [0.29, 0.717) is 50.8 Å². The topological polar surface area (TPSA) is 216 Å². The minimum atomic E-state index is -0.841. The van der Waals surface area contributed by atoms with Crippen molar-refractivity contribution in [3.8, 4) is 11.5 Å². The standard InChI is InChI=1S/C43H60N8O10/c1-5-48-26-28-50(38(54)36(48)52)40(56)46-30(3)32-16-20-34(21-17-32)60-42(58)44-24-14-12-10-8-7-9-11-13-15-25-45-43(59)61-35-22-18-33(19-23-35)31(4)47-41(57)51-29-27-49(6-2)37(53)39(51)55/h16-23,30-31H,5-15,24-29H2,1-4H3,(H,44,58)(H,45,59)(H,46,56)(H,47,57). The molecule has 2 aromatic carbocycles. The van der Waals surface area contributed by atoms with Crippen LogP contribution in [-0.2, 0) is 19.2 Å². The summed E-state index contributed by atoms with van der Waals surface area (Å²) >= 11 is 0. The number of imide groups is 2. The summed E-state index contributed by atoms with van der Waals surface area (Å²) in [4.78, 5) is 103. The van der Waals surface area contributed by atoms with Crippen LogP contribution in [0, 0.1) is 0 Å². The van der Waals surface area contributed by atoms with Gasteiger partial charge in [0, 0.05) is 52.4 Å². The van der Waals surface area contributed by atoms with Gasteiger partial charge in [-0.25, -0.2) is 19.2 Å². The fraction of sp³-hybridized carbons (Fsp3) is 0.535. The number of likely N-dealkylation sites (N-methyl/N-ethyl adjacent to an activating group) is 2. The molecule has 18 nitrogen and oxygen atoms in total. The van der Waals surface area contributed by atoms with Gasteiger partial charge in [-0.3, -0.25) is 29.0 Å². The molecule has 2 aliphatic heterocycles. The number of carbonyl (C=O) groups is 8. The van der Waals surface area contributed by atoms with Gasteiger partial charge < -0.3 is 40.5 Å². The Morgan fingerprint density at radius 3 is 1.16 bits per heavy atom. The fourth-order valence-electron chi connectivity index (χ4n) is 6.84. The van der Waals surface area contributed by atoms with Crippen LogP contribution in [-0.4, -0.2) is 120 Å². The van der Waals surface area contributed by atoms with Crippen molar-refractivity contribution in [2.75, 3.05) is 52.4 Å². The third kappa shape index (κ3) is 14.5. The minimum Gasteiger partial charge on any atom is -0.410 e. The van der Waals surface area contributed by atoms with E-state index < -0.39 is 60.0 Å². The summed E-state index contributed by atoms with van der Waals surface area (Å²) in [5, 5.41) is 11.0. The second kappa shape index (κ2) is 24.2. The Morgan fingerprint density at radius 2 is 0.836 bits per heavy atom. The number of ether oxygens (including phenoxy) is 2. The number of carbonyl (C=O) groups excluding carboxylic acids is 8. The molecule has 4 N–H and O–H groups in total. The lowest BCUT2D eigenvalue weighted by molar-refractivity contribution is -0.153. The van der Waals surface area contributed by atoms with Crippen LogP contribution in [0.1, 0.15) is 109 Å². The molecule has 0 radical (unpaired) electrons. The number of nitrogens with one attached hydrogen (secondary N) is 4. The Bertz CT molecular complexity index is 1710. The Balaban J connectivity index is 0.965. The van der Waals surface area contributed by atoms with Crippen molar-refractivity contribution < 1.29 is 47.8 Å². The predicted molar refractivity (Wildman–Crippen MR) is 224 cm³/mol. The number of urea groups is 2. The first-order valence-corrected chi connectivity index (χ1v) is 21.3. The molecule has 0 aromatic heterocycles. The summed E-state index contributed by atoms with van der Waals surface area (Å²) in [7, 11) is 0. The third-order valence-electron chi connectivity index (χ3n) is 10.6. The molecule has 2 atom stereocenters. The molecule has 0 bridgehead atoms. The van der Waals surface area contributed by atoms with E-state index in [1.54, 1.807) is 76.2 Å². The van der Waals surface area contributed by atoms with Gasteiger partial charge in [0.1, 0.15) is 11.5 Å². The highest BCUT2D eigenvalue weighted by Crippen LogP contribution is 2.20. The van der Waals surface area contributed by atoms with E-state index in [2.05, 4.69) is 21.3 Å². The van der Waals surface area contributed by atoms with Gasteiger partial charge in [0.25, 0.3) is 0 Å². The Hall–Kier alpha value is -6.20. The van der Waals surface area contributed by atoms with Crippen LogP contribution in [0.2, 0.25) is 0 Å². The van der Waals surface area contributed by atoms with Crippen molar-refractivity contribution >= 4 is 47.9 Å². The summed E-state index contributed by atoms with van der Waals surface area (Å²) in [6.45, 7) is 9.75. The van der Waals surface area contributed by atoms with E-state index in [1.165, 1.54) is 9.80 Å². The zero-order chi connectivity index (χ0) is 44.3. The van der Waals surface area contributed by atoms with Crippen LogP contribution in [0.3, 0.4) is 0 Å². The van der Waals surface area contributed by atoms with Crippen LogP contribution < -0.4 is 30.7 Å². The average molecular weight is 849 g/mol. The highest BCUT2D eigenvalue weighted by Gasteiger charge is 2.37. The Morgan fingerprint density at radius 1 is 0.508 bits per heavy atom. The number of benzene rings is 2. The monoisotopic (exact) mass is 848 g/mol. The molecule has 332 valence electrons. The number of hydrogen-bond donors (Lipinski definition) is 4. The highest BCUT2D eigenvalue weighted by molar-refractivity contribution is 6.38. The van der Waals surface area contributed by atoms with Crippen LogP contribution in [0.25, 0.3) is 0 Å². The summed E-state index contributed by atoms with van der Waals surface area (Å²) in [6, 6.07) is 11.2. The lowest BCUT2D eigenvalue weighted by Gasteiger charge is -2.32. The van der Waals surface area contributed by atoms with Crippen molar-refractivity contribution in [3.63, 3.8) is 0 Å². The molecule has 18 heteroatoms. The van der Waals surface area contributed by atoms with Gasteiger partial charge in [-0.05, 0) is 75.9 Å². The lowest BCUT2D eigenvalue weighted by atomic mass is 10.1. The zero-order valence-electron chi connectivity index (χ0n) is 35.7. The maximum atomic E-state index is 12.6. The lowest BCUT2D eigenvalue weighted by Crippen LogP contribution is -2.58. The Labute approximate surface area is 357 Å². The maximum absolute atomic E-state index is 12.6. The molecule has 4 rings (SSSR count). The maximum Gasteiger partial charge on any atom is 0.412 e. The zero-order valence-corrected chi connectivity index (χ0v) is 35.7. The molecule has 2 unspecified atom stereocenters. The molecular formula is C43H60N8O10. The van der Waals surface area contributed by atoms with Gasteiger partial charge in [0.2, 0.25) is 0 Å². The largest absolute Gasteiger partial charge is 0.412 e. The van der Waals surface area contributed by atoms with Gasteiger partial charge in [-0.15, -0.1) is 0 Å². The number of nitrogens with zero attached hydrogens (tertiary/aromatic N) is 4. The quantitative estimate of drug-likeness (QED) is 0.103. The Kier molecular flexibility index (Phi) is 18.8. The second-order valence-corrected chi connectivity index (χ2v) is 15.0. The molecule has 2 heterocycles. The van der Waals surface area contributed by atoms with Gasteiger partial charge >= 0.3 is 47.9 Å². The highest BCUT2D eigenvalue weighted by atomic mass is 16.6. The molecule has 10 amide bonds. The van der Waals surface area contributed by atoms with Gasteiger partial charge in [0.15, 0.2) is 0 Å². The van der Waals surface area contributed by atoms with Crippen LogP contribution in [0.5, 0.6) is 11.5 Å². The molecule has 0 spiro atoms. The van der Waals surface area contributed by atoms with Crippen LogP contribution in [0.4, 0.5) is 19.2 Å². The number of rotatable bonds is 20. The van der Waals surface area contributed by atoms with Crippen LogP contribution in [0.15, 0.2) is 48.5 Å². The first-order chi connectivity index (χ1) is 29.3. The van der Waals surface area contributed by atoms with E-state index in [1.807, 2.05) is 0 Å². The van der Waals surface area contributed by atoms with Crippen molar-refractivity contribution in [2.45, 2.75) is 97.6 Å². The summed E-state index contributed by atoms with van der Waals surface area (Å²) in [5.74, 6) is -2.35. The third-order valence-corrected chi connectivity index (χ3v) is 10.6. The van der Waals surface area contributed by atoms with E-state index in [9.17, 15) is 38.4 Å². The predicted octanol–water partition coefficient (Wildman–Crippen LogP) is 5.00. The molecule has 61 heavy (non-hydrogen) atoms. The van der Waals surface area contributed by atoms with E-state index in [4.69, 9.17) is 9.47 Å². The number of amides is 10. The van der Waals surface area contributed by atoms with E-state index in [0.717, 1.165) is 78.7 Å². The first-order valence-electron chi connectivity index (χ1n) is 21.3. The summed E-state index contributed by atoms with van der Waals surface area (Å²) in [5.41, 5.74) is 1.47. The van der Waals surface area contributed by atoms with E-state index in [-0.39, 0.29) is 13.1 Å². The second-order valence-electron chi connectivity index (χ2n) is 15.0. The number of piperazine rings is 2. The van der Waals surface area contributed by atoms with E-state index >= 15 is 0 Å². The van der Waals surface area contributed by atoms with Crippen molar-refractivity contribution in [1.82, 2.24) is 40.9 Å². The average Bonchev–Trinajstić information content (AvgIpc) is 3.24. The molecular weight excluding hydrogens is 789 g/mol. The van der Waals surface area contributed by atoms with Gasteiger partial charge in [0.05, 0.1) is 12.1 Å². The van der Waals surface area contributed by atoms with Crippen molar-refractivity contribution in [3.05, 3.63) is 59.7 Å². The fourth-order valence-corrected chi connectivity index (χ4v) is 6.84. The smallest absolute Gasteiger partial charge is 0.410 e. The molecule has 2 saturated heterocycles. The van der Waals surface area contributed by atoms with Crippen molar-refractivity contribution in [2.24, 2.45) is 0 Å². The van der Waals surface area contributed by atoms with Gasteiger partial charge in [-0.1, -0.05) is 69.2 Å². The summed E-state index contributed by atoms with van der Waals surface area (Å²) < 4.78 is 10.7. The molecule has 0 saturated carbocycles. The molecule has 0 aliphatic carbocycles. The molecule has 2 aliphatic rings. The molecule has 2 aromatic rings. The minimum absolute atomic E-state index is 0.134. The van der Waals surface area contributed by atoms with Crippen LogP contribution >= 0.6 is 0 Å². The number of hydrogen-bond acceptors (Lipinski definition) is 10. The van der Waals surface area contributed by atoms with Crippen molar-refractivity contribution in [1.29, 1.82) is 0 Å². The van der Waals surface area contributed by atoms with Gasteiger partial charge in [-0.2, -0.15) is 0 Å². The first kappa shape index (κ1) is 47.5. The number of unbranched alkanes of at least 4 members (excludes halogenated alkanes) is 8. The summed E-state index contributed by atoms with van der Waals surface area (Å²) in [6.07, 6.45) is 7.99. The molecule has 2 fully saturated rings.